The zero-order valence-electron chi connectivity index (χ0n) is 11.0. The van der Waals surface area contributed by atoms with Crippen LogP contribution in [0.1, 0.15) is 18.4 Å². The second-order valence-corrected chi connectivity index (χ2v) is 4.31. The number of aryl methyl sites for hydroxylation is 1. The van der Waals surface area contributed by atoms with Crippen LogP contribution < -0.4 is 4.90 Å². The van der Waals surface area contributed by atoms with E-state index in [9.17, 15) is 4.79 Å². The Hall–Kier alpha value is -1.69. The molecule has 1 aromatic heterocycles. The first-order valence-electron chi connectivity index (χ1n) is 6.00. The molecule has 0 atom stereocenters. The molecule has 2 heterocycles. The van der Waals surface area contributed by atoms with E-state index in [1.54, 1.807) is 12.0 Å². The molecule has 0 bridgehead atoms. The van der Waals surface area contributed by atoms with Gasteiger partial charge in [0.25, 0.3) is 0 Å². The minimum absolute atomic E-state index is 0.141. The number of hydrogen-bond donors (Lipinski definition) is 0. The molecule has 18 heavy (non-hydrogen) atoms. The van der Waals surface area contributed by atoms with Gasteiger partial charge in [-0.05, 0) is 13.8 Å². The van der Waals surface area contributed by atoms with E-state index < -0.39 is 0 Å². The highest BCUT2D eigenvalue weighted by Crippen LogP contribution is 2.17. The molecule has 1 aliphatic rings. The number of nitrogens with zero attached hydrogens (tertiary/aromatic N) is 4. The summed E-state index contributed by atoms with van der Waals surface area (Å²) in [4.78, 5) is 24.2. The molecule has 6 heteroatoms. The molecule has 1 fully saturated rings. The first-order chi connectivity index (χ1) is 8.63. The van der Waals surface area contributed by atoms with Gasteiger partial charge in [0.2, 0.25) is 5.91 Å². The van der Waals surface area contributed by atoms with Crippen molar-refractivity contribution < 1.29 is 9.53 Å². The summed E-state index contributed by atoms with van der Waals surface area (Å²) in [5.74, 6) is 1.58. The normalized spacial score (nSPS) is 15.6. The summed E-state index contributed by atoms with van der Waals surface area (Å²) in [6, 6.07) is 1.89. The number of anilines is 1. The van der Waals surface area contributed by atoms with Crippen LogP contribution in [-0.2, 0) is 16.1 Å². The monoisotopic (exact) mass is 250 g/mol. The highest BCUT2D eigenvalue weighted by Gasteiger charge is 2.27. The lowest BCUT2D eigenvalue weighted by atomic mass is 10.4. The van der Waals surface area contributed by atoms with Gasteiger partial charge in [-0.3, -0.25) is 4.79 Å². The Kier molecular flexibility index (Phi) is 3.76. The summed E-state index contributed by atoms with van der Waals surface area (Å²) in [6.45, 7) is 5.98. The van der Waals surface area contributed by atoms with Crippen LogP contribution in [0.2, 0.25) is 0 Å². The van der Waals surface area contributed by atoms with Crippen molar-refractivity contribution in [1.29, 1.82) is 0 Å². The van der Waals surface area contributed by atoms with Crippen LogP contribution >= 0.6 is 0 Å². The lowest BCUT2D eigenvalue weighted by Gasteiger charge is -2.18. The first kappa shape index (κ1) is 12.8. The minimum atomic E-state index is 0.141. The molecule has 0 spiro atoms. The van der Waals surface area contributed by atoms with Crippen molar-refractivity contribution in [1.82, 2.24) is 14.9 Å². The summed E-state index contributed by atoms with van der Waals surface area (Å²) >= 11 is 0. The molecule has 2 rings (SSSR count). The SMILES string of the molecule is CCN1CN(c2cc(C)nc(COC)n2)CC1=O. The molecule has 0 unspecified atom stereocenters. The Balaban J connectivity index is 2.21. The van der Waals surface area contributed by atoms with Crippen LogP contribution in [0.4, 0.5) is 5.82 Å². The van der Waals surface area contributed by atoms with E-state index in [0.29, 0.717) is 25.6 Å². The van der Waals surface area contributed by atoms with E-state index in [1.165, 1.54) is 0 Å². The maximum Gasteiger partial charge on any atom is 0.243 e. The molecular formula is C12H18N4O2. The summed E-state index contributed by atoms with van der Waals surface area (Å²) < 4.78 is 5.04. The van der Waals surface area contributed by atoms with Gasteiger partial charge in [-0.1, -0.05) is 0 Å². The van der Waals surface area contributed by atoms with E-state index in [1.807, 2.05) is 24.8 Å². The van der Waals surface area contributed by atoms with Gasteiger partial charge in [-0.25, -0.2) is 9.97 Å². The third-order valence-electron chi connectivity index (χ3n) is 2.89. The predicted octanol–water partition coefficient (Wildman–Crippen LogP) is 0.557. The van der Waals surface area contributed by atoms with Crippen molar-refractivity contribution in [2.24, 2.45) is 0 Å². The summed E-state index contributed by atoms with van der Waals surface area (Å²) in [5, 5.41) is 0. The van der Waals surface area contributed by atoms with Gasteiger partial charge >= 0.3 is 0 Å². The highest BCUT2D eigenvalue weighted by molar-refractivity contribution is 5.84. The lowest BCUT2D eigenvalue weighted by Crippen LogP contribution is -2.27. The number of rotatable bonds is 4. The van der Waals surface area contributed by atoms with Crippen LogP contribution in [0.5, 0.6) is 0 Å². The maximum absolute atomic E-state index is 11.7. The Morgan fingerprint density at radius 2 is 2.22 bits per heavy atom. The highest BCUT2D eigenvalue weighted by atomic mass is 16.5. The molecule has 0 saturated carbocycles. The first-order valence-corrected chi connectivity index (χ1v) is 6.00. The van der Waals surface area contributed by atoms with Crippen molar-refractivity contribution >= 4 is 11.7 Å². The van der Waals surface area contributed by atoms with E-state index in [4.69, 9.17) is 4.74 Å². The van der Waals surface area contributed by atoms with Crippen molar-refractivity contribution in [2.75, 3.05) is 31.8 Å². The molecule has 98 valence electrons. The number of hydrogen-bond acceptors (Lipinski definition) is 5. The van der Waals surface area contributed by atoms with Gasteiger partial charge in [0.15, 0.2) is 5.82 Å². The number of amides is 1. The Morgan fingerprint density at radius 1 is 1.44 bits per heavy atom. The molecule has 6 nitrogen and oxygen atoms in total. The zero-order valence-corrected chi connectivity index (χ0v) is 11.0. The van der Waals surface area contributed by atoms with Crippen LogP contribution in [0.25, 0.3) is 0 Å². The Labute approximate surface area is 107 Å². The molecule has 1 saturated heterocycles. The summed E-state index contributed by atoms with van der Waals surface area (Å²) in [5.41, 5.74) is 0.884. The van der Waals surface area contributed by atoms with Crippen molar-refractivity contribution in [3.05, 3.63) is 17.6 Å². The van der Waals surface area contributed by atoms with Gasteiger partial charge in [-0.15, -0.1) is 0 Å². The smallest absolute Gasteiger partial charge is 0.243 e. The molecule has 0 radical (unpaired) electrons. The number of aromatic nitrogens is 2. The van der Waals surface area contributed by atoms with Crippen LogP contribution in [-0.4, -0.2) is 47.6 Å². The van der Waals surface area contributed by atoms with Crippen LogP contribution in [0.3, 0.4) is 0 Å². The third-order valence-corrected chi connectivity index (χ3v) is 2.89. The number of carbonyl (C=O) groups is 1. The summed E-state index contributed by atoms with van der Waals surface area (Å²) in [6.07, 6.45) is 0. The number of methoxy groups -OCH3 is 1. The van der Waals surface area contributed by atoms with E-state index >= 15 is 0 Å². The fourth-order valence-corrected chi connectivity index (χ4v) is 2.00. The van der Waals surface area contributed by atoms with Gasteiger partial charge in [0.05, 0.1) is 6.67 Å². The van der Waals surface area contributed by atoms with Crippen LogP contribution in [0.15, 0.2) is 6.07 Å². The Morgan fingerprint density at radius 3 is 2.83 bits per heavy atom. The lowest BCUT2D eigenvalue weighted by molar-refractivity contribution is -0.126. The van der Waals surface area contributed by atoms with Crippen molar-refractivity contribution in [3.63, 3.8) is 0 Å². The van der Waals surface area contributed by atoms with Gasteiger partial charge in [-0.2, -0.15) is 0 Å². The molecule has 0 aromatic carbocycles. The maximum atomic E-state index is 11.7. The minimum Gasteiger partial charge on any atom is -0.377 e. The predicted molar refractivity (Wildman–Crippen MR) is 67.1 cm³/mol. The number of carbonyl (C=O) groups excluding carboxylic acids is 1. The fourth-order valence-electron chi connectivity index (χ4n) is 2.00. The molecular weight excluding hydrogens is 232 g/mol. The van der Waals surface area contributed by atoms with Gasteiger partial charge in [0.1, 0.15) is 19.0 Å². The summed E-state index contributed by atoms with van der Waals surface area (Å²) in [7, 11) is 1.61. The standard InChI is InChI=1S/C12H18N4O2/c1-4-15-8-16(6-12(15)17)11-5-9(2)13-10(14-11)7-18-3/h5H,4,6-8H2,1-3H3. The number of likely N-dealkylation sites (N-methyl/N-ethyl adjacent to an activating group) is 1. The fraction of sp³-hybridized carbons (Fsp3) is 0.583. The molecule has 1 aliphatic heterocycles. The third kappa shape index (κ3) is 2.59. The molecule has 1 aromatic rings. The van der Waals surface area contributed by atoms with E-state index in [-0.39, 0.29) is 5.91 Å². The number of ether oxygens (including phenoxy) is 1. The van der Waals surface area contributed by atoms with Gasteiger partial charge < -0.3 is 14.5 Å². The quantitative estimate of drug-likeness (QED) is 0.781. The average Bonchev–Trinajstić information content (AvgIpc) is 2.70. The van der Waals surface area contributed by atoms with Crippen LogP contribution in [0, 0.1) is 6.92 Å². The molecule has 1 amide bonds. The van der Waals surface area contributed by atoms with Crippen molar-refractivity contribution in [3.8, 4) is 0 Å². The van der Waals surface area contributed by atoms with E-state index in [2.05, 4.69) is 9.97 Å². The van der Waals surface area contributed by atoms with Gasteiger partial charge in [0, 0.05) is 25.4 Å². The average molecular weight is 250 g/mol. The van der Waals surface area contributed by atoms with Crippen molar-refractivity contribution in [2.45, 2.75) is 20.5 Å². The second kappa shape index (κ2) is 5.30. The Bertz CT molecular complexity index is 450. The zero-order chi connectivity index (χ0) is 13.1. The molecule has 0 aliphatic carbocycles. The molecule has 0 N–H and O–H groups in total. The largest absolute Gasteiger partial charge is 0.377 e. The van der Waals surface area contributed by atoms with E-state index in [0.717, 1.165) is 18.1 Å². The second-order valence-electron chi connectivity index (χ2n) is 4.31. The topological polar surface area (TPSA) is 58.6 Å².